The first-order chi connectivity index (χ1) is 18.9. The molecule has 40 heavy (non-hydrogen) atoms. The van der Waals surface area contributed by atoms with Crippen molar-refractivity contribution in [1.29, 1.82) is 0 Å². The van der Waals surface area contributed by atoms with E-state index in [0.29, 0.717) is 54.0 Å². The highest BCUT2D eigenvalue weighted by Crippen LogP contribution is 2.37. The summed E-state index contributed by atoms with van der Waals surface area (Å²) in [5, 5.41) is 7.21. The molecule has 1 aliphatic rings. The number of aromatic nitrogens is 2. The summed E-state index contributed by atoms with van der Waals surface area (Å²) in [5.74, 6) is -0.183. The van der Waals surface area contributed by atoms with Gasteiger partial charge in [-0.25, -0.2) is 4.79 Å². The highest BCUT2D eigenvalue weighted by Gasteiger charge is 2.31. The number of urea groups is 1. The van der Waals surface area contributed by atoms with Crippen LogP contribution in [0.5, 0.6) is 5.75 Å². The molecule has 0 spiro atoms. The topological polar surface area (TPSA) is 82.9 Å². The largest absolute Gasteiger partial charge is 0.492 e. The zero-order chi connectivity index (χ0) is 29.0. The van der Waals surface area contributed by atoms with Crippen molar-refractivity contribution in [3.8, 4) is 17.0 Å². The molecule has 2 aromatic carbocycles. The van der Waals surface area contributed by atoms with E-state index in [4.69, 9.17) is 16.3 Å². The molecule has 1 saturated heterocycles. The number of alkyl halides is 3. The second-order valence-corrected chi connectivity index (χ2v) is 9.97. The quantitative estimate of drug-likeness (QED) is 0.440. The Kier molecular flexibility index (Phi) is 8.89. The summed E-state index contributed by atoms with van der Waals surface area (Å²) in [6.07, 6.45) is -3.07. The van der Waals surface area contributed by atoms with Gasteiger partial charge < -0.3 is 19.9 Å². The highest BCUT2D eigenvalue weighted by molar-refractivity contribution is 6.33. The molecule has 2 heterocycles. The number of nitrogens with zero attached hydrogens (tertiary/aromatic N) is 5. The third-order valence-corrected chi connectivity index (χ3v) is 6.81. The normalized spacial score (nSPS) is 14.2. The first-order valence-electron chi connectivity index (χ1n) is 12.6. The third-order valence-electron chi connectivity index (χ3n) is 6.53. The van der Waals surface area contributed by atoms with Crippen LogP contribution in [0.25, 0.3) is 11.3 Å². The highest BCUT2D eigenvalue weighted by atomic mass is 35.5. The molecule has 0 bridgehead atoms. The zero-order valence-electron chi connectivity index (χ0n) is 22.3. The number of hydrogen-bond donors (Lipinski definition) is 1. The van der Waals surface area contributed by atoms with Crippen LogP contribution in [-0.4, -0.2) is 89.8 Å². The van der Waals surface area contributed by atoms with Gasteiger partial charge in [0.15, 0.2) is 0 Å². The molecular formula is C27H30ClF3N6O3. The van der Waals surface area contributed by atoms with E-state index in [1.54, 1.807) is 48.9 Å². The zero-order valence-corrected chi connectivity index (χ0v) is 23.1. The van der Waals surface area contributed by atoms with Crippen molar-refractivity contribution in [3.63, 3.8) is 0 Å². The molecular weight excluding hydrogens is 549 g/mol. The minimum Gasteiger partial charge on any atom is -0.492 e. The van der Waals surface area contributed by atoms with Gasteiger partial charge in [0, 0.05) is 70.7 Å². The molecule has 1 aromatic heterocycles. The number of nitrogens with one attached hydrogen (secondary N) is 1. The summed E-state index contributed by atoms with van der Waals surface area (Å²) >= 11 is 6.41. The van der Waals surface area contributed by atoms with E-state index in [1.165, 1.54) is 18.3 Å². The van der Waals surface area contributed by atoms with Gasteiger partial charge in [0.05, 0.1) is 22.5 Å². The summed E-state index contributed by atoms with van der Waals surface area (Å²) in [6.45, 7) is 3.71. The lowest BCUT2D eigenvalue weighted by Gasteiger charge is -2.35. The fourth-order valence-electron chi connectivity index (χ4n) is 4.40. The van der Waals surface area contributed by atoms with Gasteiger partial charge in [-0.3, -0.25) is 14.4 Å². The Bertz CT molecular complexity index is 1350. The number of aryl methyl sites for hydroxylation is 1. The number of carbonyl (C=O) groups excluding carboxylic acids is 2. The van der Waals surface area contributed by atoms with Gasteiger partial charge in [0.1, 0.15) is 12.4 Å². The Hall–Kier alpha value is -3.77. The Labute approximate surface area is 235 Å². The standard InChI is InChI=1S/C27H30ClF3N6O3/c1-34(2)26(39)37-11-9-36(10-12-37)13-14-40-23-8-7-20(16-21(23)24-22(28)17-32-35(24)3)33-25(38)18-5-4-6-19(15-18)27(29,30)31/h4-8,15-17H,9-14H2,1-3H3,(H,33,38). The van der Waals surface area contributed by atoms with Crippen molar-refractivity contribution in [2.45, 2.75) is 6.18 Å². The fraction of sp³-hybridized carbons (Fsp3) is 0.370. The van der Waals surface area contributed by atoms with E-state index in [9.17, 15) is 22.8 Å². The molecule has 1 N–H and O–H groups in total. The molecule has 0 aliphatic carbocycles. The summed E-state index contributed by atoms with van der Waals surface area (Å²) < 4.78 is 47.0. The Morgan fingerprint density at radius 2 is 1.82 bits per heavy atom. The first kappa shape index (κ1) is 29.2. The lowest BCUT2D eigenvalue weighted by Crippen LogP contribution is -2.52. The van der Waals surface area contributed by atoms with Gasteiger partial charge in [-0.1, -0.05) is 17.7 Å². The third kappa shape index (κ3) is 6.86. The number of amides is 3. The Morgan fingerprint density at radius 3 is 2.45 bits per heavy atom. The number of piperazine rings is 1. The Morgan fingerprint density at radius 1 is 1.10 bits per heavy atom. The molecule has 1 fully saturated rings. The molecule has 4 rings (SSSR count). The van der Waals surface area contributed by atoms with Crippen molar-refractivity contribution >= 4 is 29.2 Å². The average molecular weight is 579 g/mol. The molecule has 0 saturated carbocycles. The van der Waals surface area contributed by atoms with Crippen LogP contribution >= 0.6 is 11.6 Å². The number of halogens is 4. The van der Waals surface area contributed by atoms with Crippen molar-refractivity contribution < 1.29 is 27.5 Å². The van der Waals surface area contributed by atoms with Gasteiger partial charge in [-0.05, 0) is 36.4 Å². The first-order valence-corrected chi connectivity index (χ1v) is 12.9. The number of anilines is 1. The van der Waals surface area contributed by atoms with E-state index in [1.807, 2.05) is 4.90 Å². The van der Waals surface area contributed by atoms with Crippen molar-refractivity contribution in [2.24, 2.45) is 7.05 Å². The van der Waals surface area contributed by atoms with Gasteiger partial charge in [0.25, 0.3) is 5.91 Å². The minimum atomic E-state index is -4.56. The second-order valence-electron chi connectivity index (χ2n) is 9.56. The van der Waals surface area contributed by atoms with Gasteiger partial charge in [-0.2, -0.15) is 18.3 Å². The summed E-state index contributed by atoms with van der Waals surface area (Å²) in [4.78, 5) is 30.5. The molecule has 3 aromatic rings. The van der Waals surface area contributed by atoms with Crippen LogP contribution in [-0.2, 0) is 13.2 Å². The maximum atomic E-state index is 13.1. The van der Waals surface area contributed by atoms with Crippen molar-refractivity contribution in [1.82, 2.24) is 24.5 Å². The Balaban J connectivity index is 1.47. The van der Waals surface area contributed by atoms with Crippen LogP contribution in [0.3, 0.4) is 0 Å². The van der Waals surface area contributed by atoms with E-state index >= 15 is 0 Å². The van der Waals surface area contributed by atoms with Crippen LogP contribution in [0.1, 0.15) is 15.9 Å². The number of rotatable bonds is 7. The maximum absolute atomic E-state index is 13.1. The monoisotopic (exact) mass is 578 g/mol. The van der Waals surface area contributed by atoms with Gasteiger partial charge in [0.2, 0.25) is 0 Å². The van der Waals surface area contributed by atoms with E-state index in [-0.39, 0.29) is 11.6 Å². The number of benzene rings is 2. The number of carbonyl (C=O) groups is 2. The molecule has 0 unspecified atom stereocenters. The smallest absolute Gasteiger partial charge is 0.416 e. The van der Waals surface area contributed by atoms with E-state index in [0.717, 1.165) is 25.2 Å². The summed E-state index contributed by atoms with van der Waals surface area (Å²) in [6, 6.07) is 9.15. The average Bonchev–Trinajstić information content (AvgIpc) is 3.26. The fourth-order valence-corrected chi connectivity index (χ4v) is 4.67. The molecule has 0 atom stereocenters. The molecule has 1 aliphatic heterocycles. The molecule has 9 nitrogen and oxygen atoms in total. The van der Waals surface area contributed by atoms with Crippen LogP contribution in [0, 0.1) is 0 Å². The predicted molar refractivity (Wildman–Crippen MR) is 146 cm³/mol. The molecule has 3 amide bonds. The predicted octanol–water partition coefficient (Wildman–Crippen LogP) is 4.69. The SMILES string of the molecule is CN(C)C(=O)N1CCN(CCOc2ccc(NC(=O)c3cccc(C(F)(F)F)c3)cc2-c2c(Cl)cnn2C)CC1. The van der Waals surface area contributed by atoms with Crippen LogP contribution in [0.4, 0.5) is 23.7 Å². The van der Waals surface area contributed by atoms with E-state index < -0.39 is 17.6 Å². The second kappa shape index (κ2) is 12.2. The van der Waals surface area contributed by atoms with Gasteiger partial charge >= 0.3 is 12.2 Å². The lowest BCUT2D eigenvalue weighted by atomic mass is 10.1. The van der Waals surface area contributed by atoms with Crippen molar-refractivity contribution in [3.05, 3.63) is 64.8 Å². The van der Waals surface area contributed by atoms with Crippen LogP contribution in [0.15, 0.2) is 48.7 Å². The number of hydrogen-bond acceptors (Lipinski definition) is 5. The summed E-state index contributed by atoms with van der Waals surface area (Å²) in [7, 11) is 5.18. The maximum Gasteiger partial charge on any atom is 0.416 e. The number of ether oxygens (including phenoxy) is 1. The van der Waals surface area contributed by atoms with E-state index in [2.05, 4.69) is 15.3 Å². The lowest BCUT2D eigenvalue weighted by molar-refractivity contribution is -0.137. The van der Waals surface area contributed by atoms with Gasteiger partial charge in [-0.15, -0.1) is 0 Å². The molecule has 13 heteroatoms. The summed E-state index contributed by atoms with van der Waals surface area (Å²) in [5.41, 5.74) is 0.444. The molecule has 214 valence electrons. The molecule has 0 radical (unpaired) electrons. The van der Waals surface area contributed by atoms with Crippen LogP contribution in [0.2, 0.25) is 5.02 Å². The van der Waals surface area contributed by atoms with Crippen LogP contribution < -0.4 is 10.1 Å². The van der Waals surface area contributed by atoms with Crippen molar-refractivity contribution in [2.75, 3.05) is 58.7 Å². The minimum absolute atomic E-state index is 0.00571.